The highest BCUT2D eigenvalue weighted by atomic mass is 32.1. The first-order valence-electron chi connectivity index (χ1n) is 23.5. The van der Waals surface area contributed by atoms with Crippen LogP contribution in [0.4, 0.5) is 0 Å². The fraction of sp³-hybridized carbons (Fsp3) is 0.0476. The van der Waals surface area contributed by atoms with Gasteiger partial charge in [-0.25, -0.2) is 9.98 Å². The highest BCUT2D eigenvalue weighted by Gasteiger charge is 2.28. The lowest BCUT2D eigenvalue weighted by atomic mass is 9.91. The molecule has 14 rings (SSSR count). The van der Waals surface area contributed by atoms with Crippen molar-refractivity contribution < 1.29 is 8.83 Å². The molecule has 4 heterocycles. The molecule has 2 atom stereocenters. The lowest BCUT2D eigenvalue weighted by molar-refractivity contribution is 0.643. The first kappa shape index (κ1) is 39.6. The Bertz CT molecular complexity index is 4130. The van der Waals surface area contributed by atoms with Crippen LogP contribution in [0.3, 0.4) is 0 Å². The first-order valence-corrected chi connectivity index (χ1v) is 24.3. The van der Waals surface area contributed by atoms with E-state index in [1.165, 1.54) is 36.9 Å². The standard InChI is InChI=1S/C63H41N3O2S/c1-3-13-38(14-4-1)39-27-31-43(32-28-39)62-64-61(42-15-5-2-6-16-42)65-63(66-62)50-21-12-23-55-58(50)53-37-45(46-19-11-20-49-47-17-7-9-22-54(47)67-59(46)49)36-51(60(53)68-55)41-29-25-40(26-30-41)44-33-34-57-52(35-44)48-18-8-10-24-56(48)69-57/h1-31,33-37,43,61H,32H2,(H,64,65,66). The molecule has 2 aliphatic rings. The molecule has 3 aromatic heterocycles. The summed E-state index contributed by atoms with van der Waals surface area (Å²) >= 11 is 1.84. The second-order valence-corrected chi connectivity index (χ2v) is 19.1. The number of thiophene rings is 1. The lowest BCUT2D eigenvalue weighted by Crippen LogP contribution is -2.37. The van der Waals surface area contributed by atoms with Crippen molar-refractivity contribution in [2.75, 3.05) is 0 Å². The summed E-state index contributed by atoms with van der Waals surface area (Å²) in [4.78, 5) is 10.8. The van der Waals surface area contributed by atoms with Gasteiger partial charge in [-0.15, -0.1) is 11.3 Å². The van der Waals surface area contributed by atoms with E-state index in [-0.39, 0.29) is 12.1 Å². The van der Waals surface area contributed by atoms with Gasteiger partial charge in [0.05, 0.1) is 0 Å². The van der Waals surface area contributed by atoms with Crippen molar-refractivity contribution >= 4 is 92.6 Å². The van der Waals surface area contributed by atoms with E-state index in [0.29, 0.717) is 5.84 Å². The normalized spacial score (nSPS) is 16.1. The Hall–Kier alpha value is -8.58. The van der Waals surface area contributed by atoms with Crippen LogP contribution in [0.1, 0.15) is 29.3 Å². The average Bonchev–Trinajstić information content (AvgIpc) is 4.12. The molecule has 0 saturated heterocycles. The van der Waals surface area contributed by atoms with Crippen LogP contribution < -0.4 is 5.32 Å². The van der Waals surface area contributed by atoms with Crippen LogP contribution in [0.25, 0.3) is 103 Å². The minimum Gasteiger partial charge on any atom is -0.455 e. The molecule has 326 valence electrons. The van der Waals surface area contributed by atoms with E-state index in [1.54, 1.807) is 0 Å². The molecule has 0 amide bonds. The number of nitrogens with one attached hydrogen (secondary N) is 1. The van der Waals surface area contributed by atoms with Crippen LogP contribution in [0.2, 0.25) is 0 Å². The van der Waals surface area contributed by atoms with E-state index in [2.05, 4.69) is 206 Å². The second-order valence-electron chi connectivity index (χ2n) is 18.0. The molecule has 69 heavy (non-hydrogen) atoms. The van der Waals surface area contributed by atoms with Gasteiger partial charge in [-0.1, -0.05) is 176 Å². The fourth-order valence-electron chi connectivity index (χ4n) is 10.5. The van der Waals surface area contributed by atoms with E-state index in [9.17, 15) is 0 Å². The number of benzene rings is 9. The van der Waals surface area contributed by atoms with Gasteiger partial charge in [0, 0.05) is 64.3 Å². The maximum atomic E-state index is 7.04. The summed E-state index contributed by atoms with van der Waals surface area (Å²) in [5.74, 6) is 1.61. The van der Waals surface area contributed by atoms with Gasteiger partial charge < -0.3 is 14.2 Å². The number of para-hydroxylation sites is 2. The zero-order chi connectivity index (χ0) is 45.4. The molecule has 0 radical (unpaired) electrons. The van der Waals surface area contributed by atoms with Gasteiger partial charge in [0.2, 0.25) is 0 Å². The quantitative estimate of drug-likeness (QED) is 0.173. The van der Waals surface area contributed by atoms with Gasteiger partial charge in [0.1, 0.15) is 34.3 Å². The third kappa shape index (κ3) is 6.75. The third-order valence-electron chi connectivity index (χ3n) is 13.9. The number of furan rings is 2. The number of nitrogens with zero attached hydrogens (tertiary/aromatic N) is 2. The highest BCUT2D eigenvalue weighted by molar-refractivity contribution is 7.25. The highest BCUT2D eigenvalue weighted by Crippen LogP contribution is 2.45. The van der Waals surface area contributed by atoms with E-state index >= 15 is 0 Å². The van der Waals surface area contributed by atoms with Crippen molar-refractivity contribution in [1.82, 2.24) is 5.32 Å². The van der Waals surface area contributed by atoms with Crippen LogP contribution in [0.15, 0.2) is 237 Å². The van der Waals surface area contributed by atoms with Gasteiger partial charge in [-0.3, -0.25) is 0 Å². The molecular weight excluding hydrogens is 863 g/mol. The van der Waals surface area contributed by atoms with Crippen LogP contribution in [-0.4, -0.2) is 11.7 Å². The van der Waals surface area contributed by atoms with Gasteiger partial charge in [-0.2, -0.15) is 0 Å². The van der Waals surface area contributed by atoms with E-state index in [4.69, 9.17) is 18.8 Å². The third-order valence-corrected chi connectivity index (χ3v) is 15.0. The number of aliphatic imine (C=N–C) groups is 2. The van der Waals surface area contributed by atoms with E-state index in [0.717, 1.165) is 95.1 Å². The maximum Gasteiger partial charge on any atom is 0.159 e. The molecule has 0 spiro atoms. The van der Waals surface area contributed by atoms with Crippen molar-refractivity contribution in [3.8, 4) is 33.4 Å². The predicted octanol–water partition coefficient (Wildman–Crippen LogP) is 17.0. The molecule has 0 fully saturated rings. The van der Waals surface area contributed by atoms with E-state index < -0.39 is 0 Å². The van der Waals surface area contributed by atoms with Gasteiger partial charge >= 0.3 is 0 Å². The number of fused-ring (bicyclic) bond motifs is 9. The van der Waals surface area contributed by atoms with Crippen molar-refractivity contribution in [2.45, 2.75) is 12.6 Å². The minimum atomic E-state index is -0.329. The zero-order valence-electron chi connectivity index (χ0n) is 37.3. The summed E-state index contributed by atoms with van der Waals surface area (Å²) in [5.41, 5.74) is 14.2. The Balaban J connectivity index is 0.940. The SMILES string of the molecule is C1=CC(C2=NC(c3cccc4oc5c(-c6ccc(-c7ccc8sc9ccccc9c8c7)cc6)cc(-c6cccc7c6oc6ccccc67)cc5c34)=NC(c3ccccc3)N2)CC=C1c1ccccc1. The summed E-state index contributed by atoms with van der Waals surface area (Å²) in [6.45, 7) is 0. The maximum absolute atomic E-state index is 7.04. The Morgan fingerprint density at radius 1 is 0.478 bits per heavy atom. The summed E-state index contributed by atoms with van der Waals surface area (Å²) < 4.78 is 16.3. The number of amidine groups is 2. The Morgan fingerprint density at radius 2 is 1.14 bits per heavy atom. The molecule has 2 unspecified atom stereocenters. The summed E-state index contributed by atoms with van der Waals surface area (Å²) in [6.07, 6.45) is 7.31. The Morgan fingerprint density at radius 3 is 2.00 bits per heavy atom. The van der Waals surface area contributed by atoms with Gasteiger partial charge in [0.25, 0.3) is 0 Å². The predicted molar refractivity (Wildman–Crippen MR) is 288 cm³/mol. The molecule has 12 aromatic rings. The molecule has 1 aliphatic heterocycles. The molecular formula is C63H41N3O2S. The smallest absolute Gasteiger partial charge is 0.159 e. The average molecular weight is 904 g/mol. The number of hydrogen-bond acceptors (Lipinski definition) is 6. The monoisotopic (exact) mass is 903 g/mol. The van der Waals surface area contributed by atoms with Gasteiger partial charge in [0.15, 0.2) is 5.84 Å². The molecule has 1 aliphatic carbocycles. The zero-order valence-corrected chi connectivity index (χ0v) is 38.1. The van der Waals surface area contributed by atoms with Crippen molar-refractivity contribution in [3.63, 3.8) is 0 Å². The number of rotatable bonds is 7. The van der Waals surface area contributed by atoms with Crippen molar-refractivity contribution in [3.05, 3.63) is 235 Å². The molecule has 0 saturated carbocycles. The summed E-state index contributed by atoms with van der Waals surface area (Å²) in [5, 5.41) is 10.5. The minimum absolute atomic E-state index is 0.0476. The molecule has 6 heteroatoms. The van der Waals surface area contributed by atoms with E-state index in [1.807, 2.05) is 29.5 Å². The Labute approximate surface area is 401 Å². The molecule has 1 N–H and O–H groups in total. The first-order chi connectivity index (χ1) is 34.2. The van der Waals surface area contributed by atoms with Crippen LogP contribution in [0, 0.1) is 5.92 Å². The van der Waals surface area contributed by atoms with Crippen LogP contribution in [0.5, 0.6) is 0 Å². The molecule has 9 aromatic carbocycles. The van der Waals surface area contributed by atoms with Crippen LogP contribution in [-0.2, 0) is 0 Å². The molecule has 0 bridgehead atoms. The second kappa shape index (κ2) is 16.0. The molecule has 5 nitrogen and oxygen atoms in total. The summed E-state index contributed by atoms with van der Waals surface area (Å²) in [6, 6.07) is 71.0. The van der Waals surface area contributed by atoms with Crippen molar-refractivity contribution in [2.24, 2.45) is 15.9 Å². The lowest BCUT2D eigenvalue weighted by Gasteiger charge is -2.28. The largest absolute Gasteiger partial charge is 0.455 e. The van der Waals surface area contributed by atoms with Crippen molar-refractivity contribution in [1.29, 1.82) is 0 Å². The number of allylic oxidation sites excluding steroid dienone is 3. The Kier molecular flexibility index (Phi) is 9.20. The summed E-state index contributed by atoms with van der Waals surface area (Å²) in [7, 11) is 0. The fourth-order valence-corrected chi connectivity index (χ4v) is 11.5. The topological polar surface area (TPSA) is 63.0 Å². The van der Waals surface area contributed by atoms with Crippen LogP contribution >= 0.6 is 11.3 Å². The number of hydrogen-bond donors (Lipinski definition) is 1. The van der Waals surface area contributed by atoms with Gasteiger partial charge in [-0.05, 0) is 87.8 Å².